The van der Waals surface area contributed by atoms with E-state index in [4.69, 9.17) is 4.99 Å². The van der Waals surface area contributed by atoms with E-state index < -0.39 is 0 Å². The van der Waals surface area contributed by atoms with Crippen molar-refractivity contribution < 1.29 is 0 Å². The maximum absolute atomic E-state index is 4.94. The lowest BCUT2D eigenvalue weighted by Crippen LogP contribution is -2.38. The van der Waals surface area contributed by atoms with Gasteiger partial charge in [0.15, 0.2) is 0 Å². The van der Waals surface area contributed by atoms with Crippen molar-refractivity contribution in [3.63, 3.8) is 0 Å². The Labute approximate surface area is 336 Å². The van der Waals surface area contributed by atoms with Gasteiger partial charge in [0.25, 0.3) is 0 Å². The van der Waals surface area contributed by atoms with Crippen LogP contribution >= 0.6 is 0 Å². The Morgan fingerprint density at radius 3 is 2.04 bits per heavy atom. The van der Waals surface area contributed by atoms with Gasteiger partial charge in [-0.1, -0.05) is 146 Å². The van der Waals surface area contributed by atoms with Crippen LogP contribution in [0.1, 0.15) is 36.4 Å². The summed E-state index contributed by atoms with van der Waals surface area (Å²) in [7, 11) is 2.17. The Bertz CT molecular complexity index is 2680. The lowest BCUT2D eigenvalue weighted by Gasteiger charge is -2.34. The third-order valence-corrected chi connectivity index (χ3v) is 12.4. The fourth-order valence-electron chi connectivity index (χ4n) is 9.53. The molecule has 4 atom stereocenters. The highest BCUT2D eigenvalue weighted by Gasteiger charge is 2.32. The zero-order valence-electron chi connectivity index (χ0n) is 32.4. The second-order valence-electron chi connectivity index (χ2n) is 15.9. The summed E-state index contributed by atoms with van der Waals surface area (Å²) in [4.78, 5) is 7.24. The number of likely N-dealkylation sites (N-methyl/N-ethyl adjacent to an activating group) is 1. The molecule has 3 aliphatic carbocycles. The fourth-order valence-corrected chi connectivity index (χ4v) is 9.53. The van der Waals surface area contributed by atoms with Crippen molar-refractivity contribution in [1.82, 2.24) is 4.90 Å². The van der Waals surface area contributed by atoms with Crippen LogP contribution in [0.15, 0.2) is 211 Å². The highest BCUT2D eigenvalue weighted by atomic mass is 15.1. The molecule has 5 aliphatic rings. The van der Waals surface area contributed by atoms with Crippen molar-refractivity contribution in [3.05, 3.63) is 227 Å². The van der Waals surface area contributed by atoms with Gasteiger partial charge in [-0.05, 0) is 145 Å². The van der Waals surface area contributed by atoms with Gasteiger partial charge in [-0.3, -0.25) is 4.99 Å². The molecule has 0 N–H and O–H groups in total. The first-order chi connectivity index (χ1) is 28.2. The van der Waals surface area contributed by atoms with Crippen molar-refractivity contribution >= 4 is 17.4 Å². The first kappa shape index (κ1) is 34.9. The molecule has 57 heavy (non-hydrogen) atoms. The van der Waals surface area contributed by atoms with E-state index in [-0.39, 0.29) is 18.0 Å². The predicted molar refractivity (Wildman–Crippen MR) is 240 cm³/mol. The Morgan fingerprint density at radius 1 is 0.561 bits per heavy atom. The van der Waals surface area contributed by atoms with E-state index in [0.29, 0.717) is 5.92 Å². The van der Waals surface area contributed by atoms with Crippen LogP contribution in [-0.4, -0.2) is 24.2 Å². The highest BCUT2D eigenvalue weighted by Crippen LogP contribution is 2.44. The Kier molecular flexibility index (Phi) is 9.32. The van der Waals surface area contributed by atoms with E-state index in [1.165, 1.54) is 77.2 Å². The maximum Gasteiger partial charge on any atom is 0.0721 e. The third-order valence-electron chi connectivity index (χ3n) is 12.4. The highest BCUT2D eigenvalue weighted by molar-refractivity contribution is 5.90. The Morgan fingerprint density at radius 2 is 1.30 bits per heavy atom. The summed E-state index contributed by atoms with van der Waals surface area (Å²) in [5, 5.41) is 2.66. The number of fused-ring (bicyclic) bond motifs is 2. The van der Waals surface area contributed by atoms with Crippen LogP contribution in [-0.2, 0) is 0 Å². The van der Waals surface area contributed by atoms with Gasteiger partial charge in [0, 0.05) is 25.1 Å². The van der Waals surface area contributed by atoms with Gasteiger partial charge in [0.1, 0.15) is 0 Å². The molecular formula is C55H46N2. The van der Waals surface area contributed by atoms with Gasteiger partial charge in [-0.25, -0.2) is 0 Å². The van der Waals surface area contributed by atoms with E-state index in [1.807, 2.05) is 6.21 Å². The van der Waals surface area contributed by atoms with Crippen LogP contribution in [0.25, 0.3) is 44.5 Å². The standard InChI is InChI=1S/C55H46N2/c1-57-31-13-11-27-53(57)42-21-15-23-44(33-42)54-48-24-8-9-25-49(48)55(43-22-14-20-41(32-43)52-26-10-12-30-56-52)51-37-40(28-29-50(51)54)47-35-45(38-16-4-2-5-17-38)34-46(36-47)39-18-6-3-7-19-39/h2-23,25,27-31,33-37,41,48,52-53H,24,26,32H2,1H3. The van der Waals surface area contributed by atoms with Crippen molar-refractivity contribution in [1.29, 1.82) is 0 Å². The topological polar surface area (TPSA) is 15.6 Å². The minimum Gasteiger partial charge on any atom is -0.370 e. The van der Waals surface area contributed by atoms with Gasteiger partial charge < -0.3 is 4.90 Å². The average Bonchev–Trinajstić information content (AvgIpc) is 3.29. The zero-order valence-corrected chi connectivity index (χ0v) is 32.4. The minimum atomic E-state index is 0.202. The van der Waals surface area contributed by atoms with Gasteiger partial charge in [0.05, 0.1) is 12.1 Å². The molecule has 10 rings (SSSR count). The van der Waals surface area contributed by atoms with Crippen molar-refractivity contribution in [2.45, 2.75) is 31.3 Å². The van der Waals surface area contributed by atoms with Crippen LogP contribution in [0.3, 0.4) is 0 Å². The van der Waals surface area contributed by atoms with Crippen LogP contribution in [0.5, 0.6) is 0 Å². The number of nitrogens with zero attached hydrogens (tertiary/aromatic N) is 2. The summed E-state index contributed by atoms with van der Waals surface area (Å²) in [6, 6.07) is 45.8. The third kappa shape index (κ3) is 6.76. The summed E-state index contributed by atoms with van der Waals surface area (Å²) in [5.41, 5.74) is 15.6. The number of dihydropyridines is 1. The number of allylic oxidation sites excluding steroid dienone is 10. The van der Waals surface area contributed by atoms with E-state index in [2.05, 4.69) is 206 Å². The molecule has 5 aromatic rings. The van der Waals surface area contributed by atoms with Crippen molar-refractivity contribution in [2.24, 2.45) is 16.8 Å². The summed E-state index contributed by atoms with van der Waals surface area (Å²) < 4.78 is 0. The molecule has 0 saturated heterocycles. The Balaban J connectivity index is 1.21. The quantitative estimate of drug-likeness (QED) is 0.163. The molecule has 0 aromatic heterocycles. The van der Waals surface area contributed by atoms with Gasteiger partial charge in [-0.15, -0.1) is 0 Å². The summed E-state index contributed by atoms with van der Waals surface area (Å²) in [6.45, 7) is 0. The predicted octanol–water partition coefficient (Wildman–Crippen LogP) is 11.5. The smallest absolute Gasteiger partial charge is 0.0721 e. The molecule has 276 valence electrons. The zero-order chi connectivity index (χ0) is 38.1. The molecule has 0 fully saturated rings. The molecule has 2 nitrogen and oxygen atoms in total. The number of hydrogen-bond acceptors (Lipinski definition) is 2. The monoisotopic (exact) mass is 734 g/mol. The number of benzene rings is 5. The number of rotatable bonds is 7. The maximum atomic E-state index is 4.94. The van der Waals surface area contributed by atoms with Crippen LogP contribution in [0.2, 0.25) is 0 Å². The largest absolute Gasteiger partial charge is 0.370 e. The molecule has 0 amide bonds. The molecular weight excluding hydrogens is 689 g/mol. The lowest BCUT2D eigenvalue weighted by atomic mass is 9.70. The van der Waals surface area contributed by atoms with E-state index in [9.17, 15) is 0 Å². The average molecular weight is 735 g/mol. The second-order valence-corrected chi connectivity index (χ2v) is 15.9. The molecule has 0 radical (unpaired) electrons. The van der Waals surface area contributed by atoms with Crippen LogP contribution in [0, 0.1) is 11.8 Å². The summed E-state index contributed by atoms with van der Waals surface area (Å²) >= 11 is 0. The van der Waals surface area contributed by atoms with E-state index in [0.717, 1.165) is 19.3 Å². The number of aliphatic imine (C=N–C) groups is 1. The molecule has 5 aromatic carbocycles. The van der Waals surface area contributed by atoms with Gasteiger partial charge >= 0.3 is 0 Å². The van der Waals surface area contributed by atoms with Gasteiger partial charge in [0.2, 0.25) is 0 Å². The molecule has 2 heterocycles. The van der Waals surface area contributed by atoms with Crippen LogP contribution < -0.4 is 10.4 Å². The normalized spacial score (nSPS) is 21.9. The molecule has 2 aliphatic heterocycles. The van der Waals surface area contributed by atoms with Crippen LogP contribution in [0.4, 0.5) is 0 Å². The van der Waals surface area contributed by atoms with Crippen molar-refractivity contribution in [2.75, 3.05) is 7.05 Å². The molecule has 4 unspecified atom stereocenters. The first-order valence-corrected chi connectivity index (χ1v) is 20.4. The fraction of sp³-hybridized carbons (Fsp3) is 0.145. The van der Waals surface area contributed by atoms with Gasteiger partial charge in [-0.2, -0.15) is 0 Å². The van der Waals surface area contributed by atoms with E-state index in [1.54, 1.807) is 0 Å². The number of hydrogen-bond donors (Lipinski definition) is 0. The minimum absolute atomic E-state index is 0.202. The van der Waals surface area contributed by atoms with Crippen molar-refractivity contribution in [3.8, 4) is 33.4 Å². The van der Waals surface area contributed by atoms with E-state index >= 15 is 0 Å². The first-order valence-electron chi connectivity index (χ1n) is 20.4. The molecule has 2 heteroatoms. The molecule has 0 spiro atoms. The Hall–Kier alpha value is -6.51. The summed E-state index contributed by atoms with van der Waals surface area (Å²) in [5.74, 6) is 0.612. The molecule has 0 bridgehead atoms. The lowest BCUT2D eigenvalue weighted by molar-refractivity contribution is 0.390. The molecule has 0 saturated carbocycles. The SMILES string of the molecule is CN1C=CC=CC1c1cccc(C2=c3ccc(-c4cc(-c5ccccc5)cc(-c5ccccc5)c4)cc3=C(C3=CC=CC(C4CC=CC=N4)C3)C3=CC=CCC32)c1. The second kappa shape index (κ2) is 15.2. The summed E-state index contributed by atoms with van der Waals surface area (Å²) in [6.07, 6.45) is 32.1.